The van der Waals surface area contributed by atoms with Crippen LogP contribution >= 0.6 is 0 Å². The molecule has 1 aromatic rings. The van der Waals surface area contributed by atoms with Crippen LogP contribution in [-0.4, -0.2) is 19.1 Å². The van der Waals surface area contributed by atoms with E-state index >= 15 is 0 Å². The van der Waals surface area contributed by atoms with Gasteiger partial charge in [-0.1, -0.05) is 26.8 Å². The maximum absolute atomic E-state index is 14.4. The Labute approximate surface area is 123 Å². The molecule has 20 heavy (non-hydrogen) atoms. The van der Waals surface area contributed by atoms with Crippen LogP contribution < -0.4 is 10.2 Å². The van der Waals surface area contributed by atoms with Crippen molar-refractivity contribution in [1.29, 1.82) is 0 Å². The summed E-state index contributed by atoms with van der Waals surface area (Å²) < 4.78 is 14.4. The summed E-state index contributed by atoms with van der Waals surface area (Å²) in [5, 5.41) is 3.30. The van der Waals surface area contributed by atoms with Crippen LogP contribution in [0.5, 0.6) is 0 Å². The van der Waals surface area contributed by atoms with E-state index in [2.05, 4.69) is 44.8 Å². The van der Waals surface area contributed by atoms with Crippen LogP contribution in [0.3, 0.4) is 0 Å². The number of hydrogen-bond acceptors (Lipinski definition) is 2. The fourth-order valence-electron chi connectivity index (χ4n) is 2.28. The lowest BCUT2D eigenvalue weighted by Gasteiger charge is -2.31. The van der Waals surface area contributed by atoms with Crippen molar-refractivity contribution in [2.75, 3.05) is 18.0 Å². The molecule has 0 unspecified atom stereocenters. The maximum Gasteiger partial charge on any atom is 0.146 e. The Morgan fingerprint density at radius 3 is 2.40 bits per heavy atom. The molecule has 0 fully saturated rings. The second-order valence-electron chi connectivity index (χ2n) is 6.10. The zero-order valence-electron chi connectivity index (χ0n) is 13.5. The Kier molecular flexibility index (Phi) is 7.00. The molecule has 0 saturated carbocycles. The number of anilines is 1. The van der Waals surface area contributed by atoms with Crippen LogP contribution in [0.1, 0.15) is 46.6 Å². The Bertz CT molecular complexity index is 402. The molecule has 0 heterocycles. The molecular formula is C17H29FN2. The largest absolute Gasteiger partial charge is 0.366 e. The molecule has 0 bridgehead atoms. The third-order valence-corrected chi connectivity index (χ3v) is 3.26. The first-order valence-corrected chi connectivity index (χ1v) is 7.71. The minimum Gasteiger partial charge on any atom is -0.366 e. The number of nitrogens with one attached hydrogen (secondary N) is 1. The summed E-state index contributed by atoms with van der Waals surface area (Å²) in [6, 6.07) is 5.90. The van der Waals surface area contributed by atoms with Gasteiger partial charge in [0.15, 0.2) is 0 Å². The van der Waals surface area contributed by atoms with Gasteiger partial charge in [0.1, 0.15) is 5.82 Å². The standard InChI is InChI=1S/C17H29FN2/c1-6-9-19-11-15-7-8-17(16(18)10-15)20(14(4)5)12-13(2)3/h7-8,10,13-14,19H,6,9,11-12H2,1-5H3. The third-order valence-electron chi connectivity index (χ3n) is 3.26. The SMILES string of the molecule is CCCNCc1ccc(N(CC(C)C)C(C)C)c(F)c1. The van der Waals surface area contributed by atoms with Crippen LogP contribution in [0.4, 0.5) is 10.1 Å². The average molecular weight is 280 g/mol. The van der Waals surface area contributed by atoms with Gasteiger partial charge >= 0.3 is 0 Å². The number of halogens is 1. The zero-order valence-corrected chi connectivity index (χ0v) is 13.5. The molecule has 114 valence electrons. The predicted molar refractivity (Wildman–Crippen MR) is 85.7 cm³/mol. The van der Waals surface area contributed by atoms with E-state index in [0.717, 1.165) is 31.6 Å². The van der Waals surface area contributed by atoms with Crippen molar-refractivity contribution in [3.8, 4) is 0 Å². The van der Waals surface area contributed by atoms with Crippen LogP contribution in [0.25, 0.3) is 0 Å². The molecule has 1 rings (SSSR count). The number of rotatable bonds is 8. The lowest BCUT2D eigenvalue weighted by molar-refractivity contribution is 0.548. The van der Waals surface area contributed by atoms with E-state index in [9.17, 15) is 4.39 Å². The van der Waals surface area contributed by atoms with Crippen LogP contribution in [0.15, 0.2) is 18.2 Å². The highest BCUT2D eigenvalue weighted by molar-refractivity contribution is 5.50. The van der Waals surface area contributed by atoms with E-state index in [1.807, 2.05) is 12.1 Å². The van der Waals surface area contributed by atoms with Crippen molar-refractivity contribution < 1.29 is 4.39 Å². The van der Waals surface area contributed by atoms with Crippen molar-refractivity contribution in [2.45, 2.75) is 53.6 Å². The topological polar surface area (TPSA) is 15.3 Å². The highest BCUT2D eigenvalue weighted by Gasteiger charge is 2.16. The van der Waals surface area contributed by atoms with Crippen LogP contribution in [0.2, 0.25) is 0 Å². The quantitative estimate of drug-likeness (QED) is 0.718. The Hall–Kier alpha value is -1.09. The van der Waals surface area contributed by atoms with Crippen LogP contribution in [0, 0.1) is 11.7 Å². The first kappa shape index (κ1) is 17.0. The monoisotopic (exact) mass is 280 g/mol. The molecule has 2 nitrogen and oxygen atoms in total. The van der Waals surface area contributed by atoms with Gasteiger partial charge in [-0.15, -0.1) is 0 Å². The molecule has 0 atom stereocenters. The first-order valence-electron chi connectivity index (χ1n) is 7.71. The fourth-order valence-corrected chi connectivity index (χ4v) is 2.28. The summed E-state index contributed by atoms with van der Waals surface area (Å²) in [6.45, 7) is 13.3. The summed E-state index contributed by atoms with van der Waals surface area (Å²) in [7, 11) is 0. The minimum atomic E-state index is -0.116. The molecular weight excluding hydrogens is 251 g/mol. The van der Waals surface area contributed by atoms with Crippen molar-refractivity contribution in [2.24, 2.45) is 5.92 Å². The smallest absolute Gasteiger partial charge is 0.146 e. The molecule has 0 spiro atoms. The molecule has 0 aromatic heterocycles. The normalized spacial score (nSPS) is 11.4. The van der Waals surface area contributed by atoms with Gasteiger partial charge in [0, 0.05) is 19.1 Å². The van der Waals surface area contributed by atoms with E-state index in [-0.39, 0.29) is 5.82 Å². The fraction of sp³-hybridized carbons (Fsp3) is 0.647. The Balaban J connectivity index is 2.84. The molecule has 0 amide bonds. The van der Waals surface area contributed by atoms with Gasteiger partial charge in [0.25, 0.3) is 0 Å². The van der Waals surface area contributed by atoms with Gasteiger partial charge in [0.2, 0.25) is 0 Å². The lowest BCUT2D eigenvalue weighted by Crippen LogP contribution is -2.34. The average Bonchev–Trinajstić information content (AvgIpc) is 2.36. The van der Waals surface area contributed by atoms with Gasteiger partial charge in [0.05, 0.1) is 5.69 Å². The molecule has 1 N–H and O–H groups in total. The molecule has 0 aliphatic rings. The second-order valence-corrected chi connectivity index (χ2v) is 6.10. The van der Waals surface area contributed by atoms with Crippen molar-refractivity contribution in [1.82, 2.24) is 5.32 Å². The summed E-state index contributed by atoms with van der Waals surface area (Å²) in [4.78, 5) is 2.14. The molecule has 0 aliphatic carbocycles. The molecule has 0 aliphatic heterocycles. The van der Waals surface area contributed by atoms with Gasteiger partial charge in [-0.2, -0.15) is 0 Å². The Morgan fingerprint density at radius 2 is 1.90 bits per heavy atom. The van der Waals surface area contributed by atoms with E-state index in [1.54, 1.807) is 6.07 Å². The van der Waals surface area contributed by atoms with Crippen molar-refractivity contribution in [3.05, 3.63) is 29.6 Å². The molecule has 0 radical (unpaired) electrons. The van der Waals surface area contributed by atoms with E-state index in [1.165, 1.54) is 0 Å². The maximum atomic E-state index is 14.4. The van der Waals surface area contributed by atoms with Gasteiger partial charge in [-0.25, -0.2) is 4.39 Å². The number of nitrogens with zero attached hydrogens (tertiary/aromatic N) is 1. The predicted octanol–water partition coefficient (Wildman–Crippen LogP) is 4.20. The molecule has 3 heteroatoms. The lowest BCUT2D eigenvalue weighted by atomic mass is 10.1. The highest BCUT2D eigenvalue weighted by Crippen LogP contribution is 2.23. The summed E-state index contributed by atoms with van der Waals surface area (Å²) >= 11 is 0. The molecule has 0 saturated heterocycles. The van der Waals surface area contributed by atoms with Gasteiger partial charge in [-0.3, -0.25) is 0 Å². The van der Waals surface area contributed by atoms with Crippen molar-refractivity contribution in [3.63, 3.8) is 0 Å². The zero-order chi connectivity index (χ0) is 15.1. The van der Waals surface area contributed by atoms with E-state index in [0.29, 0.717) is 17.6 Å². The first-order chi connectivity index (χ1) is 9.45. The third kappa shape index (κ3) is 5.12. The van der Waals surface area contributed by atoms with E-state index in [4.69, 9.17) is 0 Å². The van der Waals surface area contributed by atoms with Gasteiger partial charge < -0.3 is 10.2 Å². The Morgan fingerprint density at radius 1 is 1.20 bits per heavy atom. The summed E-state index contributed by atoms with van der Waals surface area (Å²) in [5.74, 6) is 0.401. The second kappa shape index (κ2) is 8.25. The number of hydrogen-bond donors (Lipinski definition) is 1. The van der Waals surface area contributed by atoms with Gasteiger partial charge in [-0.05, 0) is 50.4 Å². The minimum absolute atomic E-state index is 0.116. The summed E-state index contributed by atoms with van der Waals surface area (Å²) in [5.41, 5.74) is 1.72. The van der Waals surface area contributed by atoms with Crippen molar-refractivity contribution >= 4 is 5.69 Å². The molecule has 1 aromatic carbocycles. The number of benzene rings is 1. The highest BCUT2D eigenvalue weighted by atomic mass is 19.1. The van der Waals surface area contributed by atoms with E-state index < -0.39 is 0 Å². The van der Waals surface area contributed by atoms with Crippen LogP contribution in [-0.2, 0) is 6.54 Å². The summed E-state index contributed by atoms with van der Waals surface area (Å²) in [6.07, 6.45) is 1.09.